The van der Waals surface area contributed by atoms with Crippen molar-refractivity contribution in [2.45, 2.75) is 19.4 Å². The van der Waals surface area contributed by atoms with Crippen LogP contribution in [0.5, 0.6) is 0 Å². The van der Waals surface area contributed by atoms with Gasteiger partial charge in [0.2, 0.25) is 0 Å². The topological polar surface area (TPSA) is 56.8 Å². The predicted octanol–water partition coefficient (Wildman–Crippen LogP) is -4.22. The van der Waals surface area contributed by atoms with Gasteiger partial charge in [-0.05, 0) is 0 Å². The Labute approximate surface area is 86.7 Å². The Hall–Kier alpha value is -0.160. The molecule has 0 radical (unpaired) electrons. The molecule has 1 atom stereocenters. The Morgan fingerprint density at radius 3 is 2.29 bits per heavy atom. The molecule has 1 aliphatic rings. The van der Waals surface area contributed by atoms with Gasteiger partial charge in [-0.2, -0.15) is 0 Å². The van der Waals surface area contributed by atoms with E-state index < -0.39 is 0 Å². The van der Waals surface area contributed by atoms with Gasteiger partial charge in [-0.3, -0.25) is 0 Å². The van der Waals surface area contributed by atoms with Crippen molar-refractivity contribution in [3.05, 3.63) is 0 Å². The van der Waals surface area contributed by atoms with E-state index >= 15 is 0 Å². The summed E-state index contributed by atoms with van der Waals surface area (Å²) in [4.78, 5) is 3.27. The number of piperazine rings is 1. The molecular weight excluding hydrogens is 178 g/mol. The lowest BCUT2D eigenvalue weighted by Crippen LogP contribution is -3.29. The molecule has 0 saturated carbocycles. The number of quaternary nitrogens is 3. The Morgan fingerprint density at radius 1 is 1.21 bits per heavy atom. The van der Waals surface area contributed by atoms with Crippen molar-refractivity contribution < 1.29 is 20.6 Å². The van der Waals surface area contributed by atoms with Gasteiger partial charge in [-0.15, -0.1) is 0 Å². The summed E-state index contributed by atoms with van der Waals surface area (Å²) in [6, 6.07) is 0.615. The summed E-state index contributed by atoms with van der Waals surface area (Å²) in [5, 5.41) is 8.83. The van der Waals surface area contributed by atoms with E-state index in [0.717, 1.165) is 6.54 Å². The molecule has 4 nitrogen and oxygen atoms in total. The lowest BCUT2D eigenvalue weighted by Gasteiger charge is -2.29. The van der Waals surface area contributed by atoms with Gasteiger partial charge in [-0.1, -0.05) is 6.92 Å². The molecule has 6 N–H and O–H groups in total. The van der Waals surface area contributed by atoms with E-state index in [1.54, 1.807) is 9.80 Å². The van der Waals surface area contributed by atoms with Gasteiger partial charge in [0, 0.05) is 6.42 Å². The number of aliphatic hydroxyl groups is 1. The number of hydrogen-bond donors (Lipinski definition) is 4. The molecule has 84 valence electrons. The summed E-state index contributed by atoms with van der Waals surface area (Å²) in [7, 11) is 0. The molecule has 4 heteroatoms. The van der Waals surface area contributed by atoms with Crippen molar-refractivity contribution in [2.75, 3.05) is 45.9 Å². The van der Waals surface area contributed by atoms with Crippen molar-refractivity contribution in [3.8, 4) is 0 Å². The van der Waals surface area contributed by atoms with Gasteiger partial charge in [0.15, 0.2) is 0 Å². The average Bonchev–Trinajstić information content (AvgIpc) is 2.21. The first-order valence-corrected chi connectivity index (χ1v) is 5.87. The SMILES string of the molecule is CC[C@H]([NH3+])C[NH+]1CC[NH+](CCO)CC1. The zero-order valence-corrected chi connectivity index (χ0v) is 9.39. The van der Waals surface area contributed by atoms with E-state index in [2.05, 4.69) is 12.7 Å². The third-order valence-electron chi connectivity index (χ3n) is 3.28. The van der Waals surface area contributed by atoms with Crippen LogP contribution < -0.4 is 15.5 Å². The lowest BCUT2D eigenvalue weighted by atomic mass is 10.2. The summed E-state index contributed by atoms with van der Waals surface area (Å²) in [6.45, 7) is 9.63. The summed E-state index contributed by atoms with van der Waals surface area (Å²) < 4.78 is 0. The predicted molar refractivity (Wildman–Crippen MR) is 55.2 cm³/mol. The van der Waals surface area contributed by atoms with Gasteiger partial charge >= 0.3 is 0 Å². The highest BCUT2D eigenvalue weighted by atomic mass is 16.3. The van der Waals surface area contributed by atoms with Gasteiger partial charge in [0.05, 0.1) is 6.61 Å². The van der Waals surface area contributed by atoms with Gasteiger partial charge in [0.1, 0.15) is 45.3 Å². The van der Waals surface area contributed by atoms with E-state index in [1.807, 2.05) is 0 Å². The number of aliphatic hydroxyl groups excluding tert-OH is 1. The Bertz CT molecular complexity index is 146. The maximum Gasteiger partial charge on any atom is 0.134 e. The van der Waals surface area contributed by atoms with Crippen LogP contribution in [-0.2, 0) is 0 Å². The number of nitrogens with one attached hydrogen (secondary N) is 2. The van der Waals surface area contributed by atoms with E-state index in [-0.39, 0.29) is 0 Å². The average molecular weight is 204 g/mol. The Kier molecular flexibility index (Phi) is 5.40. The molecule has 0 aromatic heterocycles. The molecule has 14 heavy (non-hydrogen) atoms. The Morgan fingerprint density at radius 2 is 1.79 bits per heavy atom. The molecule has 0 aliphatic carbocycles. The molecule has 0 spiro atoms. The van der Waals surface area contributed by atoms with E-state index in [4.69, 9.17) is 5.11 Å². The summed E-state index contributed by atoms with van der Waals surface area (Å²) in [5.74, 6) is 0. The highest BCUT2D eigenvalue weighted by Gasteiger charge is 2.24. The molecule has 0 aromatic carbocycles. The maximum atomic E-state index is 8.83. The largest absolute Gasteiger partial charge is 0.391 e. The van der Waals surface area contributed by atoms with E-state index in [1.165, 1.54) is 39.1 Å². The van der Waals surface area contributed by atoms with Crippen LogP contribution in [0.25, 0.3) is 0 Å². The zero-order chi connectivity index (χ0) is 10.4. The third kappa shape index (κ3) is 3.92. The highest BCUT2D eigenvalue weighted by Crippen LogP contribution is 1.76. The van der Waals surface area contributed by atoms with Crippen molar-refractivity contribution in [2.24, 2.45) is 0 Å². The summed E-state index contributed by atoms with van der Waals surface area (Å²) in [6.07, 6.45) is 1.19. The van der Waals surface area contributed by atoms with Crippen LogP contribution >= 0.6 is 0 Å². The summed E-state index contributed by atoms with van der Waals surface area (Å²) in [5.41, 5.74) is 4.14. The highest BCUT2D eigenvalue weighted by molar-refractivity contribution is 4.47. The minimum absolute atomic E-state index is 0.331. The van der Waals surface area contributed by atoms with E-state index in [9.17, 15) is 0 Å². The zero-order valence-electron chi connectivity index (χ0n) is 9.39. The van der Waals surface area contributed by atoms with Crippen LogP contribution in [0.3, 0.4) is 0 Å². The van der Waals surface area contributed by atoms with Crippen LogP contribution in [0.1, 0.15) is 13.3 Å². The molecule has 1 fully saturated rings. The second-order valence-corrected chi connectivity index (χ2v) is 4.45. The van der Waals surface area contributed by atoms with Crippen molar-refractivity contribution in [1.29, 1.82) is 0 Å². The first kappa shape index (κ1) is 11.9. The fourth-order valence-electron chi connectivity index (χ4n) is 2.12. The molecule has 1 rings (SSSR count). The molecule has 1 saturated heterocycles. The molecular formula is C10H26N3O+3. The van der Waals surface area contributed by atoms with E-state index in [0.29, 0.717) is 12.6 Å². The van der Waals surface area contributed by atoms with Crippen LogP contribution in [0.4, 0.5) is 0 Å². The second-order valence-electron chi connectivity index (χ2n) is 4.45. The van der Waals surface area contributed by atoms with Gasteiger partial charge < -0.3 is 20.6 Å². The fourth-order valence-corrected chi connectivity index (χ4v) is 2.12. The fraction of sp³-hybridized carbons (Fsp3) is 1.00. The molecule has 1 heterocycles. The minimum Gasteiger partial charge on any atom is -0.391 e. The van der Waals surface area contributed by atoms with Crippen LogP contribution in [0.2, 0.25) is 0 Å². The molecule has 0 bridgehead atoms. The van der Waals surface area contributed by atoms with Crippen LogP contribution in [0, 0.1) is 0 Å². The first-order chi connectivity index (χ1) is 6.76. The second kappa shape index (κ2) is 6.35. The lowest BCUT2D eigenvalue weighted by molar-refractivity contribution is -1.01. The van der Waals surface area contributed by atoms with Crippen molar-refractivity contribution >= 4 is 0 Å². The molecule has 0 amide bonds. The van der Waals surface area contributed by atoms with Gasteiger partial charge in [-0.25, -0.2) is 0 Å². The smallest absolute Gasteiger partial charge is 0.134 e. The number of rotatable bonds is 5. The molecule has 1 aliphatic heterocycles. The normalized spacial score (nSPS) is 30.2. The molecule has 0 aromatic rings. The van der Waals surface area contributed by atoms with Crippen LogP contribution in [0.15, 0.2) is 0 Å². The van der Waals surface area contributed by atoms with Crippen molar-refractivity contribution in [3.63, 3.8) is 0 Å². The first-order valence-electron chi connectivity index (χ1n) is 5.87. The maximum absolute atomic E-state index is 8.83. The minimum atomic E-state index is 0.331. The molecule has 0 unspecified atom stereocenters. The van der Waals surface area contributed by atoms with Crippen molar-refractivity contribution in [1.82, 2.24) is 0 Å². The van der Waals surface area contributed by atoms with Gasteiger partial charge in [0.25, 0.3) is 0 Å². The summed E-state index contributed by atoms with van der Waals surface area (Å²) >= 11 is 0. The standard InChI is InChI=1S/C10H23N3O/c1-2-10(11)9-13-5-3-12(4-6-13)7-8-14/h10,14H,2-9,11H2,1H3/p+3/t10-/m0/s1. The third-order valence-corrected chi connectivity index (χ3v) is 3.28. The van der Waals surface area contributed by atoms with Crippen LogP contribution in [-0.4, -0.2) is 57.0 Å². The number of hydrogen-bond acceptors (Lipinski definition) is 1. The Balaban J connectivity index is 2.15. The quantitative estimate of drug-likeness (QED) is 0.360. The monoisotopic (exact) mass is 204 g/mol.